The molecule has 0 amide bonds. The van der Waals surface area contributed by atoms with Gasteiger partial charge in [0.2, 0.25) is 0 Å². The monoisotopic (exact) mass is 271 g/mol. The highest BCUT2D eigenvalue weighted by Gasteiger charge is 2.04. The van der Waals surface area contributed by atoms with Crippen LogP contribution in [0.2, 0.25) is 0 Å². The Labute approximate surface area is 122 Å². The molecule has 0 saturated carbocycles. The van der Waals surface area contributed by atoms with Gasteiger partial charge in [-0.1, -0.05) is 38.3 Å². The third-order valence-corrected chi connectivity index (χ3v) is 3.68. The normalized spacial score (nSPS) is 12.5. The SMILES string of the molecule is CCCCCCNC(C)c1ccc(-n2ccnc2)cc1. The van der Waals surface area contributed by atoms with Crippen LogP contribution in [0.1, 0.15) is 51.1 Å². The molecule has 0 fully saturated rings. The molecule has 0 aliphatic heterocycles. The van der Waals surface area contributed by atoms with Crippen LogP contribution in [0.25, 0.3) is 5.69 Å². The third-order valence-electron chi connectivity index (χ3n) is 3.68. The summed E-state index contributed by atoms with van der Waals surface area (Å²) in [6.45, 7) is 5.58. The molecule has 2 rings (SSSR count). The van der Waals surface area contributed by atoms with E-state index >= 15 is 0 Å². The first-order chi connectivity index (χ1) is 9.81. The van der Waals surface area contributed by atoms with Crippen LogP contribution in [0.5, 0.6) is 0 Å². The van der Waals surface area contributed by atoms with Gasteiger partial charge in [0.1, 0.15) is 0 Å². The van der Waals surface area contributed by atoms with Crippen molar-refractivity contribution in [2.45, 2.75) is 45.6 Å². The van der Waals surface area contributed by atoms with E-state index < -0.39 is 0 Å². The molecule has 1 aromatic heterocycles. The van der Waals surface area contributed by atoms with Gasteiger partial charge in [0.05, 0.1) is 6.33 Å². The number of hydrogen-bond donors (Lipinski definition) is 1. The quantitative estimate of drug-likeness (QED) is 0.732. The van der Waals surface area contributed by atoms with Crippen molar-refractivity contribution in [3.05, 3.63) is 48.5 Å². The summed E-state index contributed by atoms with van der Waals surface area (Å²) >= 11 is 0. The molecule has 0 spiro atoms. The second-order valence-corrected chi connectivity index (χ2v) is 5.30. The second-order valence-electron chi connectivity index (χ2n) is 5.30. The number of nitrogens with one attached hydrogen (secondary N) is 1. The van der Waals surface area contributed by atoms with Gasteiger partial charge in [0, 0.05) is 24.1 Å². The van der Waals surface area contributed by atoms with Crippen molar-refractivity contribution >= 4 is 0 Å². The summed E-state index contributed by atoms with van der Waals surface area (Å²) in [5, 5.41) is 3.59. The van der Waals surface area contributed by atoms with Crippen molar-refractivity contribution in [1.82, 2.24) is 14.9 Å². The first-order valence-electron chi connectivity index (χ1n) is 7.63. The largest absolute Gasteiger partial charge is 0.310 e. The van der Waals surface area contributed by atoms with Crippen LogP contribution in [-0.4, -0.2) is 16.1 Å². The molecule has 1 aromatic carbocycles. The zero-order valence-electron chi connectivity index (χ0n) is 12.5. The van der Waals surface area contributed by atoms with Crippen LogP contribution in [0, 0.1) is 0 Å². The van der Waals surface area contributed by atoms with Gasteiger partial charge in [-0.05, 0) is 37.6 Å². The maximum Gasteiger partial charge on any atom is 0.0991 e. The molecule has 0 aliphatic carbocycles. The molecule has 1 unspecified atom stereocenters. The Kier molecular flexibility index (Phi) is 5.81. The summed E-state index contributed by atoms with van der Waals surface area (Å²) in [5.41, 5.74) is 2.49. The third kappa shape index (κ3) is 4.20. The fourth-order valence-corrected chi connectivity index (χ4v) is 2.34. The van der Waals surface area contributed by atoms with Crippen molar-refractivity contribution in [1.29, 1.82) is 0 Å². The lowest BCUT2D eigenvalue weighted by molar-refractivity contribution is 0.536. The summed E-state index contributed by atoms with van der Waals surface area (Å²) in [7, 11) is 0. The number of rotatable bonds is 8. The molecular weight excluding hydrogens is 246 g/mol. The van der Waals surface area contributed by atoms with E-state index in [-0.39, 0.29) is 0 Å². The smallest absolute Gasteiger partial charge is 0.0991 e. The summed E-state index contributed by atoms with van der Waals surface area (Å²) < 4.78 is 2.02. The highest BCUT2D eigenvalue weighted by molar-refractivity contribution is 5.35. The average Bonchev–Trinajstić information content (AvgIpc) is 3.01. The summed E-state index contributed by atoms with van der Waals surface area (Å²) in [4.78, 5) is 4.07. The predicted octanol–water partition coefficient (Wildman–Crippen LogP) is 4.10. The molecule has 1 N–H and O–H groups in total. The van der Waals surface area contributed by atoms with Crippen molar-refractivity contribution in [3.8, 4) is 5.69 Å². The van der Waals surface area contributed by atoms with Gasteiger partial charge in [-0.2, -0.15) is 0 Å². The van der Waals surface area contributed by atoms with Gasteiger partial charge in [-0.3, -0.25) is 0 Å². The van der Waals surface area contributed by atoms with E-state index in [1.54, 1.807) is 6.20 Å². The summed E-state index contributed by atoms with van der Waals surface area (Å²) in [6.07, 6.45) is 10.8. The van der Waals surface area contributed by atoms with Crippen LogP contribution in [0.3, 0.4) is 0 Å². The van der Waals surface area contributed by atoms with Gasteiger partial charge in [-0.25, -0.2) is 4.98 Å². The molecule has 0 saturated heterocycles. The molecule has 108 valence electrons. The fraction of sp³-hybridized carbons (Fsp3) is 0.471. The van der Waals surface area contributed by atoms with E-state index in [0.29, 0.717) is 6.04 Å². The number of benzene rings is 1. The maximum atomic E-state index is 4.07. The Morgan fingerprint density at radius 1 is 1.15 bits per heavy atom. The Balaban J connectivity index is 1.83. The van der Waals surface area contributed by atoms with Crippen LogP contribution >= 0.6 is 0 Å². The fourth-order valence-electron chi connectivity index (χ4n) is 2.34. The highest BCUT2D eigenvalue weighted by atomic mass is 15.0. The predicted molar refractivity (Wildman–Crippen MR) is 84.1 cm³/mol. The average molecular weight is 271 g/mol. The zero-order valence-corrected chi connectivity index (χ0v) is 12.5. The zero-order chi connectivity index (χ0) is 14.2. The Bertz CT molecular complexity index is 473. The topological polar surface area (TPSA) is 29.9 Å². The molecular formula is C17H25N3. The Hall–Kier alpha value is -1.61. The lowest BCUT2D eigenvalue weighted by Crippen LogP contribution is -2.19. The molecule has 3 nitrogen and oxygen atoms in total. The minimum absolute atomic E-state index is 0.411. The Morgan fingerprint density at radius 3 is 2.60 bits per heavy atom. The van der Waals surface area contributed by atoms with Crippen molar-refractivity contribution in [3.63, 3.8) is 0 Å². The number of aromatic nitrogens is 2. The van der Waals surface area contributed by atoms with Crippen molar-refractivity contribution < 1.29 is 0 Å². The van der Waals surface area contributed by atoms with Crippen LogP contribution in [0.15, 0.2) is 43.0 Å². The molecule has 20 heavy (non-hydrogen) atoms. The molecule has 0 radical (unpaired) electrons. The molecule has 2 aromatic rings. The second kappa shape index (κ2) is 7.85. The van der Waals surface area contributed by atoms with Gasteiger partial charge >= 0.3 is 0 Å². The number of nitrogens with zero attached hydrogens (tertiary/aromatic N) is 2. The van der Waals surface area contributed by atoms with Crippen LogP contribution in [-0.2, 0) is 0 Å². The lowest BCUT2D eigenvalue weighted by Gasteiger charge is -2.15. The van der Waals surface area contributed by atoms with Crippen LogP contribution in [0.4, 0.5) is 0 Å². The van der Waals surface area contributed by atoms with E-state index in [1.165, 1.54) is 31.2 Å². The van der Waals surface area contributed by atoms with Crippen LogP contribution < -0.4 is 5.32 Å². The molecule has 3 heteroatoms. The number of imidazole rings is 1. The van der Waals surface area contributed by atoms with Crippen molar-refractivity contribution in [2.75, 3.05) is 6.54 Å². The molecule has 1 heterocycles. The maximum absolute atomic E-state index is 4.07. The Morgan fingerprint density at radius 2 is 1.95 bits per heavy atom. The van der Waals surface area contributed by atoms with E-state index in [4.69, 9.17) is 0 Å². The minimum atomic E-state index is 0.411. The van der Waals surface area contributed by atoms with Gasteiger partial charge < -0.3 is 9.88 Å². The number of hydrogen-bond acceptors (Lipinski definition) is 2. The molecule has 0 bridgehead atoms. The van der Waals surface area contributed by atoms with E-state index in [9.17, 15) is 0 Å². The van der Waals surface area contributed by atoms with E-state index in [0.717, 1.165) is 12.2 Å². The first-order valence-corrected chi connectivity index (χ1v) is 7.63. The van der Waals surface area contributed by atoms with E-state index in [2.05, 4.69) is 48.4 Å². The standard InChI is InChI=1S/C17H25N3/c1-3-4-5-6-11-19-15(2)16-7-9-17(10-8-16)20-13-12-18-14-20/h7-10,12-15,19H,3-6,11H2,1-2H3. The van der Waals surface area contributed by atoms with Gasteiger partial charge in [0.15, 0.2) is 0 Å². The molecule has 1 atom stereocenters. The van der Waals surface area contributed by atoms with Gasteiger partial charge in [-0.15, -0.1) is 0 Å². The first kappa shape index (κ1) is 14.8. The molecule has 0 aliphatic rings. The highest BCUT2D eigenvalue weighted by Crippen LogP contribution is 2.15. The summed E-state index contributed by atoms with van der Waals surface area (Å²) in [6, 6.07) is 9.09. The van der Waals surface area contributed by atoms with Crippen molar-refractivity contribution in [2.24, 2.45) is 0 Å². The summed E-state index contributed by atoms with van der Waals surface area (Å²) in [5.74, 6) is 0. The minimum Gasteiger partial charge on any atom is -0.310 e. The van der Waals surface area contributed by atoms with E-state index in [1.807, 2.05) is 17.1 Å². The lowest BCUT2D eigenvalue weighted by atomic mass is 10.1. The number of unbranched alkanes of at least 4 members (excludes halogenated alkanes) is 3. The van der Waals surface area contributed by atoms with Gasteiger partial charge in [0.25, 0.3) is 0 Å².